The van der Waals surface area contributed by atoms with E-state index in [-0.39, 0.29) is 22.2 Å². The zero-order valence-electron chi connectivity index (χ0n) is 12.2. The number of hydrogen-bond donors (Lipinski definition) is 1. The van der Waals surface area contributed by atoms with Crippen LogP contribution in [0.25, 0.3) is 0 Å². The van der Waals surface area contributed by atoms with Crippen LogP contribution >= 0.6 is 11.8 Å². The highest BCUT2D eigenvalue weighted by atomic mass is 32.2. The van der Waals surface area contributed by atoms with Gasteiger partial charge in [-0.25, -0.2) is 0 Å². The monoisotopic (exact) mass is 280 g/mol. The normalized spacial score (nSPS) is 15.0. The summed E-state index contributed by atoms with van der Waals surface area (Å²) in [6.45, 7) is 8.02. The Kier molecular flexibility index (Phi) is 6.08. The number of benzene rings is 1. The fourth-order valence-electron chi connectivity index (χ4n) is 1.88. The summed E-state index contributed by atoms with van der Waals surface area (Å²) in [6, 6.07) is 10.1. The maximum Gasteiger partial charge on any atom is 0.192 e. The average Bonchev–Trinajstić information content (AvgIpc) is 2.27. The quantitative estimate of drug-likeness (QED) is 0.894. The molecular weight excluding hydrogens is 256 g/mol. The molecule has 0 saturated heterocycles. The summed E-state index contributed by atoms with van der Waals surface area (Å²) >= 11 is 1.31. The van der Waals surface area contributed by atoms with E-state index in [4.69, 9.17) is 0 Å². The van der Waals surface area contributed by atoms with E-state index in [0.29, 0.717) is 0 Å². The van der Waals surface area contributed by atoms with Gasteiger partial charge in [0.05, 0.1) is 6.10 Å². The lowest BCUT2D eigenvalue weighted by atomic mass is 9.94. The van der Waals surface area contributed by atoms with Crippen LogP contribution in [0, 0.1) is 5.92 Å². The fourth-order valence-corrected chi connectivity index (χ4v) is 2.81. The molecule has 3 heteroatoms. The molecule has 0 amide bonds. The van der Waals surface area contributed by atoms with Crippen LogP contribution in [0.2, 0.25) is 0 Å². The Labute approximate surface area is 120 Å². The number of thioether (sulfide) groups is 1. The lowest BCUT2D eigenvalue weighted by molar-refractivity contribution is -0.113. The highest BCUT2D eigenvalue weighted by Gasteiger charge is 2.22. The fraction of sp³-hybridized carbons (Fsp3) is 0.562. The van der Waals surface area contributed by atoms with Gasteiger partial charge in [-0.2, -0.15) is 0 Å². The molecule has 0 aromatic heterocycles. The number of rotatable bonds is 5. The van der Waals surface area contributed by atoms with Crippen LogP contribution < -0.4 is 0 Å². The lowest BCUT2D eigenvalue weighted by Gasteiger charge is -2.21. The average molecular weight is 280 g/mol. The molecule has 106 valence electrons. The molecule has 1 N–H and O–H groups in total. The first-order chi connectivity index (χ1) is 8.78. The van der Waals surface area contributed by atoms with Gasteiger partial charge in [-0.1, -0.05) is 69.8 Å². The summed E-state index contributed by atoms with van der Waals surface area (Å²) < 4.78 is -0.0839. The highest BCUT2D eigenvalue weighted by Crippen LogP contribution is 2.27. The van der Waals surface area contributed by atoms with Crippen molar-refractivity contribution in [1.82, 2.24) is 0 Å². The van der Waals surface area contributed by atoms with Gasteiger partial charge in [-0.05, 0) is 17.9 Å². The van der Waals surface area contributed by atoms with Crippen LogP contribution in [-0.2, 0) is 11.2 Å². The van der Waals surface area contributed by atoms with Gasteiger partial charge < -0.3 is 5.11 Å². The summed E-state index contributed by atoms with van der Waals surface area (Å²) in [7, 11) is 0. The zero-order chi connectivity index (χ0) is 14.5. The number of aliphatic hydroxyl groups excluding tert-OH is 1. The van der Waals surface area contributed by atoms with Crippen molar-refractivity contribution in [2.75, 3.05) is 0 Å². The van der Waals surface area contributed by atoms with Crippen LogP contribution in [0.5, 0.6) is 0 Å². The van der Waals surface area contributed by atoms with Crippen molar-refractivity contribution in [2.45, 2.75) is 51.4 Å². The van der Waals surface area contributed by atoms with E-state index in [1.807, 2.05) is 45.9 Å². The van der Waals surface area contributed by atoms with Gasteiger partial charge in [0.15, 0.2) is 5.12 Å². The van der Waals surface area contributed by atoms with E-state index in [9.17, 15) is 9.90 Å². The zero-order valence-corrected chi connectivity index (χ0v) is 13.0. The van der Waals surface area contributed by atoms with Crippen molar-refractivity contribution >= 4 is 16.9 Å². The second-order valence-electron chi connectivity index (χ2n) is 6.02. The summed E-state index contributed by atoms with van der Waals surface area (Å²) in [5, 5.41) is 10.2. The molecule has 0 spiro atoms. The Morgan fingerprint density at radius 3 is 2.37 bits per heavy atom. The van der Waals surface area contributed by atoms with Crippen molar-refractivity contribution < 1.29 is 9.90 Å². The van der Waals surface area contributed by atoms with E-state index in [2.05, 4.69) is 12.1 Å². The lowest BCUT2D eigenvalue weighted by Crippen LogP contribution is -2.24. The van der Waals surface area contributed by atoms with Gasteiger partial charge in [0.2, 0.25) is 0 Å². The number of hydrogen-bond acceptors (Lipinski definition) is 3. The van der Waals surface area contributed by atoms with E-state index in [1.165, 1.54) is 17.3 Å². The first-order valence-electron chi connectivity index (χ1n) is 6.72. The second kappa shape index (κ2) is 7.11. The van der Waals surface area contributed by atoms with Crippen LogP contribution in [0.15, 0.2) is 30.3 Å². The van der Waals surface area contributed by atoms with Crippen LogP contribution in [0.3, 0.4) is 0 Å². The molecule has 1 aromatic rings. The summed E-state index contributed by atoms with van der Waals surface area (Å²) in [5.41, 5.74) is 1.20. The van der Waals surface area contributed by atoms with Crippen molar-refractivity contribution in [3.8, 4) is 0 Å². The minimum atomic E-state index is -0.567. The van der Waals surface area contributed by atoms with Crippen LogP contribution in [0.4, 0.5) is 0 Å². The molecule has 2 atom stereocenters. The van der Waals surface area contributed by atoms with E-state index in [1.54, 1.807) is 0 Å². The third kappa shape index (κ3) is 6.79. The standard InChI is InChI=1S/C16H24O2S/c1-12(10-13-8-6-5-7-9-13)14(17)11-15(18)19-16(2,3)4/h5-9,12,14,17H,10-11H2,1-4H3/t12-,14-/m1/s1. The van der Waals surface area contributed by atoms with Crippen LogP contribution in [-0.4, -0.2) is 21.1 Å². The first kappa shape index (κ1) is 16.3. The number of carbonyl (C=O) groups excluding carboxylic acids is 1. The molecule has 2 nitrogen and oxygen atoms in total. The molecule has 0 aliphatic rings. The molecular formula is C16H24O2S. The molecule has 19 heavy (non-hydrogen) atoms. The number of carbonyl (C=O) groups is 1. The van der Waals surface area contributed by atoms with E-state index in [0.717, 1.165) is 6.42 Å². The third-order valence-electron chi connectivity index (χ3n) is 2.85. The van der Waals surface area contributed by atoms with Gasteiger partial charge in [-0.15, -0.1) is 0 Å². The van der Waals surface area contributed by atoms with E-state index < -0.39 is 6.10 Å². The molecule has 0 aliphatic carbocycles. The van der Waals surface area contributed by atoms with Crippen LogP contribution in [0.1, 0.15) is 39.7 Å². The molecule has 1 rings (SSSR count). The molecule has 0 unspecified atom stereocenters. The Bertz CT molecular complexity index is 395. The Hall–Kier alpha value is -0.800. The van der Waals surface area contributed by atoms with Gasteiger partial charge >= 0.3 is 0 Å². The van der Waals surface area contributed by atoms with Gasteiger partial charge in [0, 0.05) is 11.2 Å². The summed E-state index contributed by atoms with van der Waals surface area (Å²) in [5.74, 6) is 0.0897. The summed E-state index contributed by atoms with van der Waals surface area (Å²) in [6.07, 6.45) is 0.466. The van der Waals surface area contributed by atoms with Gasteiger partial charge in [0.25, 0.3) is 0 Å². The Balaban J connectivity index is 2.45. The Morgan fingerprint density at radius 2 is 1.84 bits per heavy atom. The topological polar surface area (TPSA) is 37.3 Å². The highest BCUT2D eigenvalue weighted by molar-refractivity contribution is 8.14. The van der Waals surface area contributed by atoms with E-state index >= 15 is 0 Å². The third-order valence-corrected chi connectivity index (χ3v) is 3.86. The molecule has 1 aromatic carbocycles. The molecule has 0 bridgehead atoms. The largest absolute Gasteiger partial charge is 0.392 e. The summed E-state index contributed by atoms with van der Waals surface area (Å²) in [4.78, 5) is 11.8. The first-order valence-corrected chi connectivity index (χ1v) is 7.53. The maximum atomic E-state index is 11.8. The predicted molar refractivity (Wildman–Crippen MR) is 82.3 cm³/mol. The van der Waals surface area contributed by atoms with Crippen molar-refractivity contribution in [3.05, 3.63) is 35.9 Å². The second-order valence-corrected chi connectivity index (χ2v) is 7.91. The van der Waals surface area contributed by atoms with Crippen molar-refractivity contribution in [3.63, 3.8) is 0 Å². The molecule has 0 fully saturated rings. The maximum absolute atomic E-state index is 11.8. The van der Waals surface area contributed by atoms with Gasteiger partial charge in [-0.3, -0.25) is 4.79 Å². The van der Waals surface area contributed by atoms with Crippen molar-refractivity contribution in [2.24, 2.45) is 5.92 Å². The molecule has 0 radical (unpaired) electrons. The SMILES string of the molecule is C[C@H](Cc1ccccc1)[C@H](O)CC(=O)SC(C)(C)C. The van der Waals surface area contributed by atoms with Gasteiger partial charge in [0.1, 0.15) is 0 Å². The molecule has 0 saturated carbocycles. The Morgan fingerprint density at radius 1 is 1.26 bits per heavy atom. The smallest absolute Gasteiger partial charge is 0.192 e. The van der Waals surface area contributed by atoms with Crippen molar-refractivity contribution in [1.29, 1.82) is 0 Å². The minimum absolute atomic E-state index is 0.0694. The number of aliphatic hydroxyl groups is 1. The predicted octanol–water partition coefficient (Wildman–Crippen LogP) is 3.67. The minimum Gasteiger partial charge on any atom is -0.392 e. The molecule has 0 aliphatic heterocycles. The molecule has 0 heterocycles.